The van der Waals surface area contributed by atoms with Crippen LogP contribution < -0.4 is 15.8 Å². The standard InChI is InChI=1S/C10H12Cl2N2O2/c11-7-2-1-3-8(12)10(7)16-5-4-14-9(15)6-13/h1-3H,4-6,13H2,(H,14,15). The molecule has 1 amide bonds. The molecule has 0 aliphatic heterocycles. The van der Waals surface area contributed by atoms with E-state index in [1.54, 1.807) is 18.2 Å². The van der Waals surface area contributed by atoms with Crippen molar-refractivity contribution in [2.24, 2.45) is 5.73 Å². The Balaban J connectivity index is 2.40. The van der Waals surface area contributed by atoms with Gasteiger partial charge in [-0.15, -0.1) is 0 Å². The molecule has 88 valence electrons. The van der Waals surface area contributed by atoms with Crippen molar-refractivity contribution < 1.29 is 9.53 Å². The van der Waals surface area contributed by atoms with Gasteiger partial charge in [0.05, 0.1) is 23.1 Å². The maximum absolute atomic E-state index is 10.8. The Morgan fingerprint density at radius 1 is 1.38 bits per heavy atom. The molecule has 4 nitrogen and oxygen atoms in total. The molecule has 0 atom stereocenters. The second-order valence-corrected chi connectivity index (χ2v) is 3.77. The van der Waals surface area contributed by atoms with Crippen LogP contribution >= 0.6 is 23.2 Å². The van der Waals surface area contributed by atoms with Crippen molar-refractivity contribution in [3.05, 3.63) is 28.2 Å². The second-order valence-electron chi connectivity index (χ2n) is 2.95. The first-order valence-electron chi connectivity index (χ1n) is 4.68. The van der Waals surface area contributed by atoms with Crippen molar-refractivity contribution in [3.63, 3.8) is 0 Å². The van der Waals surface area contributed by atoms with Crippen molar-refractivity contribution in [1.82, 2.24) is 5.32 Å². The fourth-order valence-electron chi connectivity index (χ4n) is 1.04. The SMILES string of the molecule is NCC(=O)NCCOc1c(Cl)cccc1Cl. The minimum absolute atomic E-state index is 0.0349. The first-order valence-corrected chi connectivity index (χ1v) is 5.44. The Kier molecular flexibility index (Phi) is 5.38. The van der Waals surface area contributed by atoms with Gasteiger partial charge in [0.25, 0.3) is 0 Å². The van der Waals surface area contributed by atoms with E-state index in [4.69, 9.17) is 33.7 Å². The molecule has 0 unspecified atom stereocenters. The molecular weight excluding hydrogens is 251 g/mol. The highest BCUT2D eigenvalue weighted by Gasteiger charge is 2.06. The molecule has 0 bridgehead atoms. The van der Waals surface area contributed by atoms with Crippen LogP contribution in [0.15, 0.2) is 18.2 Å². The average Bonchev–Trinajstić information content (AvgIpc) is 2.27. The van der Waals surface area contributed by atoms with Gasteiger partial charge in [-0.2, -0.15) is 0 Å². The van der Waals surface area contributed by atoms with Gasteiger partial charge in [0.2, 0.25) is 5.91 Å². The Bertz CT molecular complexity index is 352. The lowest BCUT2D eigenvalue weighted by molar-refractivity contribution is -0.119. The molecule has 0 spiro atoms. The lowest BCUT2D eigenvalue weighted by atomic mass is 10.3. The summed E-state index contributed by atoms with van der Waals surface area (Å²) < 4.78 is 5.34. The fourth-order valence-corrected chi connectivity index (χ4v) is 1.54. The number of nitrogens with two attached hydrogens (primary N) is 1. The van der Waals surface area contributed by atoms with Gasteiger partial charge < -0.3 is 15.8 Å². The van der Waals surface area contributed by atoms with Gasteiger partial charge in [-0.3, -0.25) is 4.79 Å². The second kappa shape index (κ2) is 6.58. The summed E-state index contributed by atoms with van der Waals surface area (Å²) in [7, 11) is 0. The van der Waals surface area contributed by atoms with Crippen LogP contribution in [0.5, 0.6) is 5.75 Å². The minimum Gasteiger partial charge on any atom is -0.489 e. The normalized spacial score (nSPS) is 9.94. The molecule has 1 rings (SSSR count). The van der Waals surface area contributed by atoms with E-state index in [2.05, 4.69) is 5.32 Å². The molecule has 1 aromatic rings. The zero-order valence-corrected chi connectivity index (χ0v) is 10.0. The maximum atomic E-state index is 10.8. The number of para-hydroxylation sites is 1. The number of ether oxygens (including phenoxy) is 1. The summed E-state index contributed by atoms with van der Waals surface area (Å²) in [4.78, 5) is 10.8. The molecule has 0 saturated heterocycles. The number of halogens is 2. The summed E-state index contributed by atoms with van der Waals surface area (Å²) in [6, 6.07) is 5.09. The number of carbonyl (C=O) groups excluding carboxylic acids is 1. The Morgan fingerprint density at radius 3 is 2.56 bits per heavy atom. The van der Waals surface area contributed by atoms with Gasteiger partial charge in [0.15, 0.2) is 5.75 Å². The van der Waals surface area contributed by atoms with E-state index < -0.39 is 0 Å². The maximum Gasteiger partial charge on any atom is 0.233 e. The van der Waals surface area contributed by atoms with Crippen molar-refractivity contribution in [1.29, 1.82) is 0 Å². The fraction of sp³-hybridized carbons (Fsp3) is 0.300. The van der Waals surface area contributed by atoms with Crippen LogP contribution in [0.2, 0.25) is 10.0 Å². The van der Waals surface area contributed by atoms with E-state index >= 15 is 0 Å². The molecule has 0 fully saturated rings. The van der Waals surface area contributed by atoms with Crippen molar-refractivity contribution in [2.75, 3.05) is 19.7 Å². The third-order valence-electron chi connectivity index (χ3n) is 1.77. The Labute approximate surface area is 104 Å². The van der Waals surface area contributed by atoms with Crippen LogP contribution in [0.3, 0.4) is 0 Å². The third kappa shape index (κ3) is 3.89. The summed E-state index contributed by atoms with van der Waals surface area (Å²) in [6.07, 6.45) is 0. The van der Waals surface area contributed by atoms with E-state index in [1.807, 2.05) is 0 Å². The average molecular weight is 263 g/mol. The lowest BCUT2D eigenvalue weighted by Crippen LogP contribution is -2.33. The molecular formula is C10H12Cl2N2O2. The van der Waals surface area contributed by atoms with Gasteiger partial charge in [0.1, 0.15) is 6.61 Å². The molecule has 0 radical (unpaired) electrons. The number of benzene rings is 1. The van der Waals surface area contributed by atoms with Gasteiger partial charge in [-0.05, 0) is 12.1 Å². The zero-order valence-electron chi connectivity index (χ0n) is 8.50. The van der Waals surface area contributed by atoms with Gasteiger partial charge >= 0.3 is 0 Å². The van der Waals surface area contributed by atoms with E-state index in [0.717, 1.165) is 0 Å². The quantitative estimate of drug-likeness (QED) is 0.790. The molecule has 16 heavy (non-hydrogen) atoms. The Morgan fingerprint density at radius 2 is 2.00 bits per heavy atom. The molecule has 0 heterocycles. The largest absolute Gasteiger partial charge is 0.489 e. The lowest BCUT2D eigenvalue weighted by Gasteiger charge is -2.09. The van der Waals surface area contributed by atoms with Crippen LogP contribution in [-0.2, 0) is 4.79 Å². The minimum atomic E-state index is -0.228. The summed E-state index contributed by atoms with van der Waals surface area (Å²) in [5.41, 5.74) is 5.12. The highest BCUT2D eigenvalue weighted by molar-refractivity contribution is 6.37. The van der Waals surface area contributed by atoms with E-state index in [9.17, 15) is 4.79 Å². The molecule has 0 aliphatic rings. The number of hydrogen-bond donors (Lipinski definition) is 2. The van der Waals surface area contributed by atoms with E-state index in [1.165, 1.54) is 0 Å². The van der Waals surface area contributed by atoms with Crippen molar-refractivity contribution in [3.8, 4) is 5.75 Å². The highest BCUT2D eigenvalue weighted by atomic mass is 35.5. The predicted molar refractivity (Wildman–Crippen MR) is 64.0 cm³/mol. The third-order valence-corrected chi connectivity index (χ3v) is 2.37. The van der Waals surface area contributed by atoms with E-state index in [-0.39, 0.29) is 19.1 Å². The van der Waals surface area contributed by atoms with Crippen LogP contribution in [0, 0.1) is 0 Å². The summed E-state index contributed by atoms with van der Waals surface area (Å²) in [5, 5.41) is 3.45. The molecule has 0 aliphatic carbocycles. The number of amides is 1. The monoisotopic (exact) mass is 262 g/mol. The van der Waals surface area contributed by atoms with E-state index in [0.29, 0.717) is 22.3 Å². The van der Waals surface area contributed by atoms with Crippen molar-refractivity contribution in [2.45, 2.75) is 0 Å². The smallest absolute Gasteiger partial charge is 0.233 e. The number of hydrogen-bond acceptors (Lipinski definition) is 3. The molecule has 6 heteroatoms. The van der Waals surface area contributed by atoms with Gasteiger partial charge in [-0.25, -0.2) is 0 Å². The van der Waals surface area contributed by atoms with Crippen LogP contribution in [0.25, 0.3) is 0 Å². The number of nitrogens with one attached hydrogen (secondary N) is 1. The molecule has 1 aromatic carbocycles. The first kappa shape index (κ1) is 13.1. The number of rotatable bonds is 5. The van der Waals surface area contributed by atoms with Gasteiger partial charge in [0, 0.05) is 0 Å². The summed E-state index contributed by atoms with van der Waals surface area (Å²) >= 11 is 11.8. The molecule has 3 N–H and O–H groups in total. The molecule has 0 saturated carbocycles. The van der Waals surface area contributed by atoms with Crippen LogP contribution in [0.1, 0.15) is 0 Å². The first-order chi connectivity index (χ1) is 7.65. The van der Waals surface area contributed by atoms with Crippen LogP contribution in [0.4, 0.5) is 0 Å². The highest BCUT2D eigenvalue weighted by Crippen LogP contribution is 2.31. The van der Waals surface area contributed by atoms with Crippen molar-refractivity contribution >= 4 is 29.1 Å². The zero-order chi connectivity index (χ0) is 12.0. The Hall–Kier alpha value is -0.970. The van der Waals surface area contributed by atoms with Crippen LogP contribution in [-0.4, -0.2) is 25.6 Å². The van der Waals surface area contributed by atoms with Gasteiger partial charge in [-0.1, -0.05) is 29.3 Å². The number of carbonyl (C=O) groups is 1. The topological polar surface area (TPSA) is 64.4 Å². The predicted octanol–water partition coefficient (Wildman–Crippen LogP) is 1.45. The molecule has 0 aromatic heterocycles. The summed E-state index contributed by atoms with van der Waals surface area (Å²) in [5.74, 6) is 0.196. The summed E-state index contributed by atoms with van der Waals surface area (Å²) in [6.45, 7) is 0.611.